The van der Waals surface area contributed by atoms with Crippen molar-refractivity contribution in [2.75, 3.05) is 0 Å². The van der Waals surface area contributed by atoms with Crippen molar-refractivity contribution in [1.29, 1.82) is 0 Å². The molecule has 180 valence electrons. The topological polar surface area (TPSA) is 40.5 Å². The monoisotopic (exact) mass is 432 g/mol. The highest BCUT2D eigenvalue weighted by molar-refractivity contribution is 5.07. The van der Waals surface area contributed by atoms with E-state index in [0.717, 1.165) is 60.7 Å². The molecule has 0 amide bonds. The van der Waals surface area contributed by atoms with Crippen LogP contribution in [-0.4, -0.2) is 21.9 Å². The number of hydrogen-bond acceptors (Lipinski definition) is 2. The Kier molecular flexibility index (Phi) is 6.68. The average molecular weight is 433 g/mol. The van der Waals surface area contributed by atoms with E-state index in [2.05, 4.69) is 41.5 Å². The lowest BCUT2D eigenvalue weighted by Gasteiger charge is -2.57. The third kappa shape index (κ3) is 4.64. The van der Waals surface area contributed by atoms with Crippen LogP contribution in [0, 0.1) is 52.3 Å². The van der Waals surface area contributed by atoms with Gasteiger partial charge in [-0.1, -0.05) is 47.5 Å². The third-order valence-electron chi connectivity index (χ3n) is 11.1. The van der Waals surface area contributed by atoms with Gasteiger partial charge in [0.05, 0.1) is 11.7 Å². The van der Waals surface area contributed by atoms with Gasteiger partial charge in [-0.05, 0) is 123 Å². The molecule has 2 N–H and O–H groups in total. The maximum Gasteiger partial charge on any atom is 0.0622 e. The van der Waals surface area contributed by atoms with Crippen molar-refractivity contribution in [3.05, 3.63) is 0 Å². The molecule has 0 heterocycles. The molecule has 0 saturated heterocycles. The predicted octanol–water partition coefficient (Wildman–Crippen LogP) is 7.22. The fourth-order valence-electron chi connectivity index (χ4n) is 9.32. The molecule has 2 nitrogen and oxygen atoms in total. The lowest BCUT2D eigenvalue weighted by atomic mass is 9.48. The van der Waals surface area contributed by atoms with E-state index >= 15 is 0 Å². The lowest BCUT2D eigenvalue weighted by molar-refractivity contribution is -0.103. The predicted molar refractivity (Wildman–Crippen MR) is 130 cm³/mol. The van der Waals surface area contributed by atoms with E-state index in [1.165, 1.54) is 57.8 Å². The number of hydrogen-bond donors (Lipinski definition) is 2. The first-order valence-electron chi connectivity index (χ1n) is 13.8. The second kappa shape index (κ2) is 8.61. The van der Waals surface area contributed by atoms with E-state index in [0.29, 0.717) is 5.41 Å². The molecule has 4 aliphatic rings. The molecule has 31 heavy (non-hydrogen) atoms. The molecule has 4 rings (SSSR count). The van der Waals surface area contributed by atoms with Gasteiger partial charge in [-0.2, -0.15) is 0 Å². The quantitative estimate of drug-likeness (QED) is 0.481. The molecular formula is C29H52O2. The highest BCUT2D eigenvalue weighted by Crippen LogP contribution is 2.65. The molecule has 0 aliphatic heterocycles. The van der Waals surface area contributed by atoms with Crippen LogP contribution in [0.3, 0.4) is 0 Å². The summed E-state index contributed by atoms with van der Waals surface area (Å²) in [6.45, 7) is 13.7. The Morgan fingerprint density at radius 2 is 1.58 bits per heavy atom. The first-order valence-corrected chi connectivity index (χ1v) is 13.8. The van der Waals surface area contributed by atoms with E-state index in [1.807, 2.05) is 0 Å². The minimum absolute atomic E-state index is 0.0114. The van der Waals surface area contributed by atoms with Crippen molar-refractivity contribution < 1.29 is 10.2 Å². The van der Waals surface area contributed by atoms with Gasteiger partial charge in [0.25, 0.3) is 0 Å². The minimum atomic E-state index is -0.397. The molecule has 0 radical (unpaired) electrons. The Labute approximate surface area is 193 Å². The Morgan fingerprint density at radius 3 is 2.29 bits per heavy atom. The van der Waals surface area contributed by atoms with Crippen LogP contribution >= 0.6 is 0 Å². The smallest absolute Gasteiger partial charge is 0.0622 e. The van der Waals surface area contributed by atoms with E-state index in [1.54, 1.807) is 0 Å². The van der Waals surface area contributed by atoms with E-state index in [9.17, 15) is 10.2 Å². The number of rotatable bonds is 5. The summed E-state index contributed by atoms with van der Waals surface area (Å²) < 4.78 is 0. The average Bonchev–Trinajstić information content (AvgIpc) is 3.03. The summed E-state index contributed by atoms with van der Waals surface area (Å²) in [6.07, 6.45) is 15.2. The summed E-state index contributed by atoms with van der Waals surface area (Å²) in [7, 11) is 0. The lowest BCUT2D eigenvalue weighted by Crippen LogP contribution is -2.50. The van der Waals surface area contributed by atoms with Crippen LogP contribution < -0.4 is 0 Å². The van der Waals surface area contributed by atoms with Gasteiger partial charge in [0, 0.05) is 0 Å². The summed E-state index contributed by atoms with van der Waals surface area (Å²) >= 11 is 0. The third-order valence-corrected chi connectivity index (χ3v) is 11.1. The van der Waals surface area contributed by atoms with E-state index in [-0.39, 0.29) is 11.5 Å². The molecule has 0 aromatic rings. The van der Waals surface area contributed by atoms with Crippen molar-refractivity contribution in [3.8, 4) is 0 Å². The van der Waals surface area contributed by atoms with Gasteiger partial charge in [-0.3, -0.25) is 0 Å². The summed E-state index contributed by atoms with van der Waals surface area (Å²) in [5.41, 5.74) is 0.166. The minimum Gasteiger partial charge on any atom is -0.393 e. The van der Waals surface area contributed by atoms with Crippen molar-refractivity contribution in [1.82, 2.24) is 0 Å². The van der Waals surface area contributed by atoms with Gasteiger partial charge in [-0.15, -0.1) is 0 Å². The van der Waals surface area contributed by atoms with E-state index in [4.69, 9.17) is 0 Å². The molecular weight excluding hydrogens is 380 g/mol. The summed E-state index contributed by atoms with van der Waals surface area (Å²) in [6, 6.07) is 0. The van der Waals surface area contributed by atoms with Crippen LogP contribution in [0.15, 0.2) is 0 Å². The Morgan fingerprint density at radius 1 is 0.871 bits per heavy atom. The van der Waals surface area contributed by atoms with E-state index < -0.39 is 5.60 Å². The first-order chi connectivity index (χ1) is 14.4. The molecule has 0 aromatic heterocycles. The van der Waals surface area contributed by atoms with Gasteiger partial charge >= 0.3 is 0 Å². The molecule has 4 fully saturated rings. The normalized spacial score (nSPS) is 47.2. The molecule has 2 heteroatoms. The van der Waals surface area contributed by atoms with Crippen LogP contribution in [0.1, 0.15) is 119 Å². The van der Waals surface area contributed by atoms with Crippen LogP contribution in [0.5, 0.6) is 0 Å². The Bertz CT molecular complexity index is 619. The summed E-state index contributed by atoms with van der Waals surface area (Å²) in [5.74, 6) is 6.22. The summed E-state index contributed by atoms with van der Waals surface area (Å²) in [4.78, 5) is 0. The molecule has 4 saturated carbocycles. The largest absolute Gasteiger partial charge is 0.393 e. The zero-order chi connectivity index (χ0) is 22.6. The molecule has 4 aliphatic carbocycles. The van der Waals surface area contributed by atoms with Crippen LogP contribution in [0.25, 0.3) is 0 Å². The van der Waals surface area contributed by atoms with Crippen LogP contribution in [0.4, 0.5) is 0 Å². The highest BCUT2D eigenvalue weighted by Gasteiger charge is 2.58. The zero-order valence-electron chi connectivity index (χ0n) is 21.5. The SMILES string of the molecule is C[C@H](CCC[C@@H](O)C(C)(C)C)[C@H]1CC[C@H]2[C@@H]3CC[C@H]4C[C@@](C)(O)CC[C@@H]4[C@H]3CC[C@]12C. The van der Waals surface area contributed by atoms with Crippen molar-refractivity contribution in [2.24, 2.45) is 52.3 Å². The number of fused-ring (bicyclic) bond motifs is 5. The fourth-order valence-corrected chi connectivity index (χ4v) is 9.32. The Hall–Kier alpha value is -0.0800. The fraction of sp³-hybridized carbons (Fsp3) is 1.00. The molecule has 0 unspecified atom stereocenters. The maximum absolute atomic E-state index is 10.6. The summed E-state index contributed by atoms with van der Waals surface area (Å²) in [5, 5.41) is 21.1. The second-order valence-electron chi connectivity index (χ2n) is 14.2. The van der Waals surface area contributed by atoms with Gasteiger partial charge < -0.3 is 10.2 Å². The highest BCUT2D eigenvalue weighted by atomic mass is 16.3. The zero-order valence-corrected chi connectivity index (χ0v) is 21.5. The number of aliphatic hydroxyl groups is 2. The molecule has 0 bridgehead atoms. The Balaban J connectivity index is 1.37. The molecule has 0 spiro atoms. The van der Waals surface area contributed by atoms with Crippen molar-refractivity contribution >= 4 is 0 Å². The van der Waals surface area contributed by atoms with Crippen LogP contribution in [0.2, 0.25) is 0 Å². The van der Waals surface area contributed by atoms with Gasteiger partial charge in [0.2, 0.25) is 0 Å². The van der Waals surface area contributed by atoms with Gasteiger partial charge in [-0.25, -0.2) is 0 Å². The van der Waals surface area contributed by atoms with Gasteiger partial charge in [0.1, 0.15) is 0 Å². The van der Waals surface area contributed by atoms with Crippen molar-refractivity contribution in [2.45, 2.75) is 130 Å². The van der Waals surface area contributed by atoms with Gasteiger partial charge in [0.15, 0.2) is 0 Å². The molecule has 0 aromatic carbocycles. The first kappa shape index (κ1) is 24.1. The number of aliphatic hydroxyl groups excluding tert-OH is 1. The van der Waals surface area contributed by atoms with Crippen molar-refractivity contribution in [3.63, 3.8) is 0 Å². The maximum atomic E-state index is 10.6. The standard InChI is InChI=1S/C29H52O2/c1-19(8-7-9-26(30)27(2,3)4)24-12-13-25-23-11-10-20-18-28(5,31)16-14-21(20)22(23)15-17-29(24,25)6/h19-26,30-31H,7-18H2,1-6H3/t19-,20+,21+,22-,23-,24-,25+,26-,28+,29-/m1/s1. The second-order valence-corrected chi connectivity index (χ2v) is 14.2. The van der Waals surface area contributed by atoms with Crippen LogP contribution in [-0.2, 0) is 0 Å². The molecule has 10 atom stereocenters.